The van der Waals surface area contributed by atoms with Gasteiger partial charge in [-0.2, -0.15) is 5.10 Å². The molecule has 132 valence electrons. The van der Waals surface area contributed by atoms with Gasteiger partial charge >= 0.3 is 5.76 Å². The molecule has 3 aromatic rings. The molecule has 4 rings (SSSR count). The number of oxazole rings is 1. The van der Waals surface area contributed by atoms with Crippen LogP contribution >= 0.6 is 0 Å². The number of nitrogens with one attached hydrogen (secondary N) is 1. The van der Waals surface area contributed by atoms with E-state index in [1.54, 1.807) is 24.0 Å². The van der Waals surface area contributed by atoms with Gasteiger partial charge in [0.2, 0.25) is 10.0 Å². The number of hydrogen-bond acceptors (Lipinski definition) is 5. The maximum absolute atomic E-state index is 12.8. The molecule has 0 radical (unpaired) electrons. The Labute approximate surface area is 144 Å². The minimum absolute atomic E-state index is 0.0744. The average molecular weight is 362 g/mol. The Kier molecular flexibility index (Phi) is 3.58. The van der Waals surface area contributed by atoms with Gasteiger partial charge < -0.3 is 4.42 Å². The third kappa shape index (κ3) is 2.59. The summed E-state index contributed by atoms with van der Waals surface area (Å²) in [6.45, 7) is 0. The van der Waals surface area contributed by atoms with Crippen molar-refractivity contribution in [1.29, 1.82) is 0 Å². The molecule has 2 aromatic heterocycles. The molecule has 1 aliphatic carbocycles. The molecule has 0 spiro atoms. The van der Waals surface area contributed by atoms with Gasteiger partial charge in [0, 0.05) is 31.4 Å². The number of aryl methyl sites for hydroxylation is 2. The van der Waals surface area contributed by atoms with Crippen LogP contribution < -0.4 is 10.5 Å². The zero-order chi connectivity index (χ0) is 17.8. The Morgan fingerprint density at radius 2 is 2.12 bits per heavy atom. The summed E-state index contributed by atoms with van der Waals surface area (Å²) in [7, 11) is -0.309. The summed E-state index contributed by atoms with van der Waals surface area (Å²) in [5.41, 5.74) is 2.78. The zero-order valence-corrected chi connectivity index (χ0v) is 14.7. The predicted octanol–water partition coefficient (Wildman–Crippen LogP) is 1.22. The van der Waals surface area contributed by atoms with Crippen molar-refractivity contribution in [3.63, 3.8) is 0 Å². The largest absolute Gasteiger partial charge is 0.419 e. The van der Waals surface area contributed by atoms with Crippen molar-refractivity contribution in [1.82, 2.24) is 19.1 Å². The summed E-state index contributed by atoms with van der Waals surface area (Å²) in [4.78, 5) is 11.7. The van der Waals surface area contributed by atoms with Crippen LogP contribution in [0.25, 0.3) is 11.1 Å². The summed E-state index contributed by atoms with van der Waals surface area (Å²) in [6.07, 6.45) is 4.24. The smallest absolute Gasteiger partial charge is 0.408 e. The van der Waals surface area contributed by atoms with Crippen LogP contribution in [-0.4, -0.2) is 22.8 Å². The monoisotopic (exact) mass is 362 g/mol. The summed E-state index contributed by atoms with van der Waals surface area (Å²) in [6, 6.07) is 4.13. The fourth-order valence-corrected chi connectivity index (χ4v) is 4.63. The van der Waals surface area contributed by atoms with Crippen LogP contribution in [-0.2, 0) is 30.5 Å². The first-order chi connectivity index (χ1) is 11.9. The van der Waals surface area contributed by atoms with E-state index in [0.29, 0.717) is 5.52 Å². The molecular formula is C16H18N4O4S. The summed E-state index contributed by atoms with van der Waals surface area (Å²) in [5.74, 6) is -0.523. The highest BCUT2D eigenvalue weighted by atomic mass is 32.2. The molecule has 1 unspecified atom stereocenters. The average Bonchev–Trinajstić information content (AvgIpc) is 3.09. The highest BCUT2D eigenvalue weighted by molar-refractivity contribution is 7.89. The van der Waals surface area contributed by atoms with E-state index in [4.69, 9.17) is 4.42 Å². The van der Waals surface area contributed by atoms with E-state index in [-0.39, 0.29) is 16.5 Å². The lowest BCUT2D eigenvalue weighted by molar-refractivity contribution is 0.497. The van der Waals surface area contributed by atoms with Crippen LogP contribution in [0.5, 0.6) is 0 Å². The van der Waals surface area contributed by atoms with E-state index >= 15 is 0 Å². The summed E-state index contributed by atoms with van der Waals surface area (Å²) < 4.78 is 36.5. The lowest BCUT2D eigenvalue weighted by Gasteiger charge is -2.23. The van der Waals surface area contributed by atoms with E-state index in [9.17, 15) is 13.2 Å². The van der Waals surface area contributed by atoms with E-state index in [2.05, 4.69) is 9.82 Å². The van der Waals surface area contributed by atoms with Gasteiger partial charge in [-0.15, -0.1) is 0 Å². The van der Waals surface area contributed by atoms with E-state index in [1.165, 1.54) is 16.7 Å². The Hall–Kier alpha value is -2.39. The fourth-order valence-electron chi connectivity index (χ4n) is 3.37. The summed E-state index contributed by atoms with van der Waals surface area (Å²) >= 11 is 0. The molecule has 1 aliphatic rings. The van der Waals surface area contributed by atoms with Crippen LogP contribution in [0.1, 0.15) is 30.1 Å². The van der Waals surface area contributed by atoms with Crippen molar-refractivity contribution in [3.05, 3.63) is 46.2 Å². The van der Waals surface area contributed by atoms with Gasteiger partial charge in [0.25, 0.3) is 0 Å². The van der Waals surface area contributed by atoms with E-state index in [0.717, 1.165) is 30.5 Å². The highest BCUT2D eigenvalue weighted by Crippen LogP contribution is 2.30. The quantitative estimate of drug-likeness (QED) is 0.755. The van der Waals surface area contributed by atoms with Crippen LogP contribution in [0.3, 0.4) is 0 Å². The number of fused-ring (bicyclic) bond motifs is 2. The molecule has 0 fully saturated rings. The SMILES string of the molecule is Cn1ncc2c1CCCC2NS(=O)(=O)c1ccc2c(c1)oc(=O)n2C. The van der Waals surface area contributed by atoms with Gasteiger partial charge in [0.05, 0.1) is 22.7 Å². The number of aromatic nitrogens is 3. The van der Waals surface area contributed by atoms with Gasteiger partial charge in [-0.25, -0.2) is 17.9 Å². The van der Waals surface area contributed by atoms with Crippen LogP contribution in [0.2, 0.25) is 0 Å². The number of hydrogen-bond donors (Lipinski definition) is 1. The van der Waals surface area contributed by atoms with Crippen molar-refractivity contribution < 1.29 is 12.8 Å². The van der Waals surface area contributed by atoms with Crippen molar-refractivity contribution in [2.75, 3.05) is 0 Å². The minimum Gasteiger partial charge on any atom is -0.408 e. The Balaban J connectivity index is 1.70. The summed E-state index contributed by atoms with van der Waals surface area (Å²) in [5, 5.41) is 4.23. The molecule has 1 aromatic carbocycles. The lowest BCUT2D eigenvalue weighted by atomic mass is 9.94. The van der Waals surface area contributed by atoms with Gasteiger partial charge in [-0.1, -0.05) is 0 Å². The third-order valence-corrected chi connectivity index (χ3v) is 6.22. The van der Waals surface area contributed by atoms with Gasteiger partial charge in [-0.3, -0.25) is 9.25 Å². The van der Waals surface area contributed by atoms with Crippen molar-refractivity contribution in [2.24, 2.45) is 14.1 Å². The first kappa shape index (κ1) is 16.1. The van der Waals surface area contributed by atoms with Gasteiger partial charge in [0.1, 0.15) is 0 Å². The zero-order valence-electron chi connectivity index (χ0n) is 13.9. The third-order valence-electron chi connectivity index (χ3n) is 4.75. The molecule has 1 atom stereocenters. The second-order valence-electron chi connectivity index (χ2n) is 6.29. The van der Waals surface area contributed by atoms with Crippen molar-refractivity contribution in [3.8, 4) is 0 Å². The first-order valence-electron chi connectivity index (χ1n) is 7.99. The lowest BCUT2D eigenvalue weighted by Crippen LogP contribution is -2.31. The Morgan fingerprint density at radius 3 is 2.92 bits per heavy atom. The van der Waals surface area contributed by atoms with Crippen LogP contribution in [0.15, 0.2) is 38.5 Å². The van der Waals surface area contributed by atoms with Crippen LogP contribution in [0, 0.1) is 0 Å². The molecule has 1 N–H and O–H groups in total. The molecule has 0 amide bonds. The molecule has 25 heavy (non-hydrogen) atoms. The molecule has 0 saturated carbocycles. The van der Waals surface area contributed by atoms with Crippen molar-refractivity contribution >= 4 is 21.1 Å². The molecule has 2 heterocycles. The number of benzene rings is 1. The molecular weight excluding hydrogens is 344 g/mol. The van der Waals surface area contributed by atoms with Crippen LogP contribution in [0.4, 0.5) is 0 Å². The van der Waals surface area contributed by atoms with E-state index < -0.39 is 15.8 Å². The highest BCUT2D eigenvalue weighted by Gasteiger charge is 2.28. The van der Waals surface area contributed by atoms with Gasteiger partial charge in [0.15, 0.2) is 5.58 Å². The number of sulfonamides is 1. The second kappa shape index (κ2) is 5.57. The maximum Gasteiger partial charge on any atom is 0.419 e. The Bertz CT molecular complexity index is 1120. The predicted molar refractivity (Wildman–Crippen MR) is 90.7 cm³/mol. The molecule has 9 heteroatoms. The molecule has 0 bridgehead atoms. The fraction of sp³-hybridized carbons (Fsp3) is 0.375. The standard InChI is InChI=1S/C16H18N4O4S/c1-19-14-7-6-10(8-15(14)24-16(19)21)25(22,23)18-12-4-3-5-13-11(12)9-17-20(13)2/h6-9,12,18H,3-5H2,1-2H3. The number of nitrogens with zero attached hydrogens (tertiary/aromatic N) is 3. The maximum atomic E-state index is 12.8. The second-order valence-corrected chi connectivity index (χ2v) is 8.01. The normalized spacial score (nSPS) is 17.8. The number of rotatable bonds is 3. The molecule has 0 saturated heterocycles. The minimum atomic E-state index is -3.75. The van der Waals surface area contributed by atoms with E-state index in [1.807, 2.05) is 7.05 Å². The first-order valence-corrected chi connectivity index (χ1v) is 9.48. The van der Waals surface area contributed by atoms with Crippen molar-refractivity contribution in [2.45, 2.75) is 30.2 Å². The Morgan fingerprint density at radius 1 is 1.32 bits per heavy atom. The van der Waals surface area contributed by atoms with Gasteiger partial charge in [-0.05, 0) is 31.4 Å². The topological polar surface area (TPSA) is 99.1 Å². The molecule has 0 aliphatic heterocycles. The molecule has 8 nitrogen and oxygen atoms in total.